The summed E-state index contributed by atoms with van der Waals surface area (Å²) >= 11 is 0. The van der Waals surface area contributed by atoms with Crippen LogP contribution in [0.2, 0.25) is 0 Å². The largest absolute Gasteiger partial charge is 0.508 e. The summed E-state index contributed by atoms with van der Waals surface area (Å²) in [6.07, 6.45) is 0. The van der Waals surface area contributed by atoms with Crippen LogP contribution >= 0.6 is 0 Å². The smallest absolute Gasteiger partial charge is 0.239 e. The molecule has 0 aliphatic heterocycles. The van der Waals surface area contributed by atoms with Crippen LogP contribution in [0.25, 0.3) is 44.6 Å². The molecule has 2 heterocycles. The molecule has 0 saturated heterocycles. The topological polar surface area (TPSA) is 171 Å². The van der Waals surface area contributed by atoms with E-state index >= 15 is 0 Å². The number of aromatic hydroxyl groups is 5. The predicted molar refractivity (Wildman–Crippen MR) is 144 cm³/mol. The minimum atomic E-state index is -0.703. The molecule has 198 valence electrons. The normalized spacial score (nSPS) is 11.2. The zero-order valence-electron chi connectivity index (χ0n) is 20.3. The molecule has 4 aromatic carbocycles. The third-order valence-electron chi connectivity index (χ3n) is 6.20. The van der Waals surface area contributed by atoms with E-state index in [1.165, 1.54) is 54.6 Å². The number of phenolic OH excluding ortho intramolecular Hbond substituents is 5. The molecule has 0 fully saturated rings. The SMILES string of the molecule is O=c1cc(-c2ccc(Oc3c(-c4ccc(O)cc4)oc4cc(O)cc(O)c4c3=O)cc2)oc2cc(O)cc(O)c12. The molecule has 0 aliphatic carbocycles. The second kappa shape index (κ2) is 9.14. The number of hydrogen-bond donors (Lipinski definition) is 5. The molecule has 0 aliphatic rings. The number of hydrogen-bond acceptors (Lipinski definition) is 10. The molecular weight excluding hydrogens is 520 g/mol. The third-order valence-corrected chi connectivity index (χ3v) is 6.20. The van der Waals surface area contributed by atoms with Gasteiger partial charge in [0.1, 0.15) is 62.2 Å². The summed E-state index contributed by atoms with van der Waals surface area (Å²) in [5, 5.41) is 49.4. The summed E-state index contributed by atoms with van der Waals surface area (Å²) in [6.45, 7) is 0. The van der Waals surface area contributed by atoms with Gasteiger partial charge >= 0.3 is 0 Å². The van der Waals surface area contributed by atoms with Gasteiger partial charge in [-0.05, 0) is 48.5 Å². The van der Waals surface area contributed by atoms with E-state index in [1.54, 1.807) is 12.1 Å². The van der Waals surface area contributed by atoms with Crippen LogP contribution in [0.3, 0.4) is 0 Å². The Morgan fingerprint density at radius 2 is 1.15 bits per heavy atom. The maximum absolute atomic E-state index is 13.5. The third kappa shape index (κ3) is 4.19. The van der Waals surface area contributed by atoms with Crippen LogP contribution in [0.15, 0.2) is 97.3 Å². The van der Waals surface area contributed by atoms with Gasteiger partial charge in [0.15, 0.2) is 11.2 Å². The van der Waals surface area contributed by atoms with Crippen molar-refractivity contribution in [2.45, 2.75) is 0 Å². The minimum absolute atomic E-state index is 0.00141. The molecule has 0 spiro atoms. The van der Waals surface area contributed by atoms with Crippen molar-refractivity contribution in [2.24, 2.45) is 0 Å². The Labute approximate surface area is 223 Å². The van der Waals surface area contributed by atoms with E-state index in [2.05, 4.69) is 0 Å². The maximum Gasteiger partial charge on any atom is 0.239 e. The molecule has 0 unspecified atom stereocenters. The molecule has 0 bridgehead atoms. The number of fused-ring (bicyclic) bond motifs is 2. The first-order valence-electron chi connectivity index (χ1n) is 11.8. The fraction of sp³-hybridized carbons (Fsp3) is 0. The molecule has 0 atom stereocenters. The zero-order chi connectivity index (χ0) is 28.1. The van der Waals surface area contributed by atoms with E-state index in [4.69, 9.17) is 13.6 Å². The summed E-state index contributed by atoms with van der Waals surface area (Å²) in [5.74, 6) is -1.38. The highest BCUT2D eigenvalue weighted by molar-refractivity contribution is 5.88. The highest BCUT2D eigenvalue weighted by atomic mass is 16.5. The Morgan fingerprint density at radius 1 is 0.575 bits per heavy atom. The summed E-state index contributed by atoms with van der Waals surface area (Å²) in [6, 6.07) is 17.6. The van der Waals surface area contributed by atoms with Crippen molar-refractivity contribution in [3.63, 3.8) is 0 Å². The Bertz CT molecular complexity index is 2050. The van der Waals surface area contributed by atoms with Gasteiger partial charge in [0.2, 0.25) is 11.2 Å². The summed E-state index contributed by atoms with van der Waals surface area (Å²) in [4.78, 5) is 26.0. The average molecular weight is 538 g/mol. The molecule has 0 amide bonds. The van der Waals surface area contributed by atoms with Crippen LogP contribution in [0, 0.1) is 0 Å². The predicted octanol–water partition coefficient (Wildman–Crippen LogP) is 5.55. The fourth-order valence-electron chi connectivity index (χ4n) is 4.37. The van der Waals surface area contributed by atoms with Gasteiger partial charge in [-0.1, -0.05) is 0 Å². The van der Waals surface area contributed by atoms with Crippen LogP contribution in [0.4, 0.5) is 0 Å². The van der Waals surface area contributed by atoms with E-state index in [-0.39, 0.29) is 62.2 Å². The zero-order valence-corrected chi connectivity index (χ0v) is 20.3. The molecule has 40 heavy (non-hydrogen) atoms. The van der Waals surface area contributed by atoms with Crippen molar-refractivity contribution in [1.29, 1.82) is 0 Å². The fourth-order valence-corrected chi connectivity index (χ4v) is 4.37. The monoisotopic (exact) mass is 538 g/mol. The molecule has 0 saturated carbocycles. The van der Waals surface area contributed by atoms with Gasteiger partial charge < -0.3 is 39.1 Å². The molecule has 10 heteroatoms. The van der Waals surface area contributed by atoms with Crippen molar-refractivity contribution < 1.29 is 39.1 Å². The van der Waals surface area contributed by atoms with E-state index in [0.717, 1.165) is 12.1 Å². The van der Waals surface area contributed by atoms with Gasteiger partial charge in [0.25, 0.3) is 0 Å². The highest BCUT2D eigenvalue weighted by Gasteiger charge is 2.22. The number of phenols is 5. The number of benzene rings is 4. The lowest BCUT2D eigenvalue weighted by Gasteiger charge is -2.13. The van der Waals surface area contributed by atoms with E-state index < -0.39 is 22.4 Å². The first kappa shape index (κ1) is 24.4. The van der Waals surface area contributed by atoms with Crippen molar-refractivity contribution in [1.82, 2.24) is 0 Å². The van der Waals surface area contributed by atoms with Crippen molar-refractivity contribution in [3.05, 3.63) is 99.3 Å². The second-order valence-electron chi connectivity index (χ2n) is 8.91. The van der Waals surface area contributed by atoms with Gasteiger partial charge in [-0.25, -0.2) is 0 Å². The summed E-state index contributed by atoms with van der Waals surface area (Å²) in [5.41, 5.74) is -0.434. The van der Waals surface area contributed by atoms with E-state index in [1.807, 2.05) is 0 Å². The first-order chi connectivity index (χ1) is 19.2. The number of ether oxygens (including phenoxy) is 1. The number of rotatable bonds is 4. The summed E-state index contributed by atoms with van der Waals surface area (Å²) in [7, 11) is 0. The Morgan fingerprint density at radius 3 is 1.80 bits per heavy atom. The lowest BCUT2D eigenvalue weighted by atomic mass is 10.1. The van der Waals surface area contributed by atoms with E-state index in [9.17, 15) is 35.1 Å². The molecule has 5 N–H and O–H groups in total. The summed E-state index contributed by atoms with van der Waals surface area (Å²) < 4.78 is 17.5. The second-order valence-corrected chi connectivity index (χ2v) is 8.91. The van der Waals surface area contributed by atoms with Crippen molar-refractivity contribution in [3.8, 4) is 62.9 Å². The van der Waals surface area contributed by atoms with Gasteiger partial charge in [-0.15, -0.1) is 0 Å². The minimum Gasteiger partial charge on any atom is -0.508 e. The average Bonchev–Trinajstić information content (AvgIpc) is 2.90. The van der Waals surface area contributed by atoms with Gasteiger partial charge in [-0.2, -0.15) is 0 Å². The van der Waals surface area contributed by atoms with Crippen molar-refractivity contribution in [2.75, 3.05) is 0 Å². The Kier molecular flexibility index (Phi) is 5.58. The van der Waals surface area contributed by atoms with E-state index in [0.29, 0.717) is 11.1 Å². The first-order valence-corrected chi connectivity index (χ1v) is 11.8. The molecular formula is C30H18O10. The quantitative estimate of drug-likeness (QED) is 0.192. The molecule has 10 nitrogen and oxygen atoms in total. The molecule has 0 radical (unpaired) electrons. The van der Waals surface area contributed by atoms with Gasteiger partial charge in [-0.3, -0.25) is 9.59 Å². The molecule has 6 aromatic rings. The van der Waals surface area contributed by atoms with Gasteiger partial charge in [0.05, 0.1) is 0 Å². The van der Waals surface area contributed by atoms with Crippen LogP contribution in [0.5, 0.6) is 40.2 Å². The highest BCUT2D eigenvalue weighted by Crippen LogP contribution is 2.38. The Balaban J connectivity index is 1.44. The van der Waals surface area contributed by atoms with Crippen molar-refractivity contribution >= 4 is 21.9 Å². The van der Waals surface area contributed by atoms with Gasteiger partial charge in [0, 0.05) is 41.5 Å². The molecule has 2 aromatic heterocycles. The molecule has 6 rings (SSSR count). The lowest BCUT2D eigenvalue weighted by Crippen LogP contribution is -2.07. The van der Waals surface area contributed by atoms with Crippen LogP contribution in [-0.2, 0) is 0 Å². The van der Waals surface area contributed by atoms with Crippen LogP contribution in [0.1, 0.15) is 0 Å². The maximum atomic E-state index is 13.5. The standard InChI is InChI=1S/C30H18O10/c31-16-5-1-15(2-6-16)29-30(28(37)27-21(35)10-18(33)12-25(27)40-29)38-19-7-3-14(4-8-19)23-13-22(36)26-20(34)9-17(32)11-24(26)39-23/h1-13,31-35H. The van der Waals surface area contributed by atoms with Crippen LogP contribution in [-0.4, -0.2) is 25.5 Å². The van der Waals surface area contributed by atoms with Crippen LogP contribution < -0.4 is 15.6 Å². The Hall–Kier alpha value is -5.90. The lowest BCUT2D eigenvalue weighted by molar-refractivity contribution is 0.443.